The molecular formula is C17H18N4O2S. The topological polar surface area (TPSA) is 74.2 Å². The Morgan fingerprint density at radius 2 is 2.21 bits per heavy atom. The van der Waals surface area contributed by atoms with Crippen LogP contribution < -0.4 is 10.2 Å². The third-order valence-electron chi connectivity index (χ3n) is 4.25. The SMILES string of the molecule is O=C(NC1CCN(c2cc(-c3cccs3)[nH]n2)CC1)c1ccco1. The molecule has 124 valence electrons. The van der Waals surface area contributed by atoms with E-state index in [-0.39, 0.29) is 11.9 Å². The number of nitrogens with one attached hydrogen (secondary N) is 2. The van der Waals surface area contributed by atoms with Crippen LogP contribution in [0.2, 0.25) is 0 Å². The number of furan rings is 1. The summed E-state index contributed by atoms with van der Waals surface area (Å²) in [5.41, 5.74) is 1.05. The smallest absolute Gasteiger partial charge is 0.287 e. The van der Waals surface area contributed by atoms with Crippen LogP contribution in [0.25, 0.3) is 10.6 Å². The number of hydrogen-bond donors (Lipinski definition) is 2. The zero-order valence-electron chi connectivity index (χ0n) is 13.1. The zero-order valence-corrected chi connectivity index (χ0v) is 13.9. The van der Waals surface area contributed by atoms with Crippen LogP contribution in [0, 0.1) is 0 Å². The van der Waals surface area contributed by atoms with Crippen molar-refractivity contribution in [1.82, 2.24) is 15.5 Å². The fourth-order valence-electron chi connectivity index (χ4n) is 2.95. The van der Waals surface area contributed by atoms with Gasteiger partial charge in [-0.2, -0.15) is 5.10 Å². The summed E-state index contributed by atoms with van der Waals surface area (Å²) in [5.74, 6) is 1.19. The molecule has 6 nitrogen and oxygen atoms in total. The second kappa shape index (κ2) is 6.52. The maximum Gasteiger partial charge on any atom is 0.287 e. The molecule has 1 aliphatic heterocycles. The number of anilines is 1. The highest BCUT2D eigenvalue weighted by Crippen LogP contribution is 2.27. The van der Waals surface area contributed by atoms with Crippen LogP contribution in [-0.2, 0) is 0 Å². The monoisotopic (exact) mass is 342 g/mol. The van der Waals surface area contributed by atoms with Crippen molar-refractivity contribution in [3.05, 3.63) is 47.7 Å². The summed E-state index contributed by atoms with van der Waals surface area (Å²) < 4.78 is 5.13. The first kappa shape index (κ1) is 15.0. The third-order valence-corrected chi connectivity index (χ3v) is 5.15. The summed E-state index contributed by atoms with van der Waals surface area (Å²) in [6.07, 6.45) is 3.31. The number of hydrogen-bond acceptors (Lipinski definition) is 5. The van der Waals surface area contributed by atoms with Gasteiger partial charge in [0.2, 0.25) is 0 Å². The molecule has 2 N–H and O–H groups in total. The average Bonchev–Trinajstić information content (AvgIpc) is 3.35. The summed E-state index contributed by atoms with van der Waals surface area (Å²) >= 11 is 1.70. The normalized spacial score (nSPS) is 15.6. The Balaban J connectivity index is 1.34. The number of carbonyl (C=O) groups excluding carboxylic acids is 1. The number of amides is 1. The number of rotatable bonds is 4. The summed E-state index contributed by atoms with van der Waals surface area (Å²) in [4.78, 5) is 15.5. The zero-order chi connectivity index (χ0) is 16.4. The van der Waals surface area contributed by atoms with Crippen LogP contribution in [0.1, 0.15) is 23.4 Å². The van der Waals surface area contributed by atoms with Crippen LogP contribution >= 0.6 is 11.3 Å². The Morgan fingerprint density at radius 1 is 1.33 bits per heavy atom. The van der Waals surface area contributed by atoms with E-state index in [2.05, 4.69) is 37.9 Å². The number of nitrogens with zero attached hydrogens (tertiary/aromatic N) is 2. The van der Waals surface area contributed by atoms with E-state index in [1.807, 2.05) is 6.07 Å². The first-order valence-electron chi connectivity index (χ1n) is 7.98. The highest BCUT2D eigenvalue weighted by atomic mass is 32.1. The molecule has 0 aromatic carbocycles. The van der Waals surface area contributed by atoms with E-state index < -0.39 is 0 Å². The Labute approximate surface area is 143 Å². The van der Waals surface area contributed by atoms with Crippen LogP contribution in [0.5, 0.6) is 0 Å². The predicted molar refractivity (Wildman–Crippen MR) is 93.3 cm³/mol. The minimum Gasteiger partial charge on any atom is -0.459 e. The van der Waals surface area contributed by atoms with Crippen molar-refractivity contribution in [1.29, 1.82) is 0 Å². The molecule has 0 aliphatic carbocycles. The van der Waals surface area contributed by atoms with Crippen LogP contribution in [0.4, 0.5) is 5.82 Å². The fraction of sp³-hybridized carbons (Fsp3) is 0.294. The van der Waals surface area contributed by atoms with Crippen LogP contribution in [0.15, 0.2) is 46.4 Å². The van der Waals surface area contributed by atoms with E-state index >= 15 is 0 Å². The summed E-state index contributed by atoms with van der Waals surface area (Å²) in [7, 11) is 0. The summed E-state index contributed by atoms with van der Waals surface area (Å²) in [5, 5.41) is 12.6. The molecule has 1 saturated heterocycles. The van der Waals surface area contributed by atoms with Crippen molar-refractivity contribution in [3.63, 3.8) is 0 Å². The van der Waals surface area contributed by atoms with Gasteiger partial charge in [0.1, 0.15) is 0 Å². The van der Waals surface area contributed by atoms with Gasteiger partial charge in [-0.3, -0.25) is 9.89 Å². The molecule has 0 saturated carbocycles. The van der Waals surface area contributed by atoms with Gasteiger partial charge in [-0.05, 0) is 36.4 Å². The van der Waals surface area contributed by atoms with E-state index in [1.54, 1.807) is 23.5 Å². The van der Waals surface area contributed by atoms with E-state index in [0.717, 1.165) is 37.4 Å². The lowest BCUT2D eigenvalue weighted by Crippen LogP contribution is -2.44. The number of thiophene rings is 1. The molecule has 3 aromatic rings. The second-order valence-corrected chi connectivity index (χ2v) is 6.78. The third kappa shape index (κ3) is 3.07. The highest BCUT2D eigenvalue weighted by Gasteiger charge is 2.23. The van der Waals surface area contributed by atoms with Gasteiger partial charge in [0.25, 0.3) is 5.91 Å². The molecule has 4 heterocycles. The molecule has 0 atom stereocenters. The Morgan fingerprint density at radius 3 is 2.92 bits per heavy atom. The molecule has 0 bridgehead atoms. The maximum atomic E-state index is 12.0. The lowest BCUT2D eigenvalue weighted by molar-refractivity contribution is 0.0903. The second-order valence-electron chi connectivity index (χ2n) is 5.83. The molecular weight excluding hydrogens is 324 g/mol. The number of aromatic amines is 1. The summed E-state index contributed by atoms with van der Waals surface area (Å²) in [6.45, 7) is 1.75. The van der Waals surface area contributed by atoms with Gasteiger partial charge in [-0.1, -0.05) is 6.07 Å². The molecule has 24 heavy (non-hydrogen) atoms. The van der Waals surface area contributed by atoms with Gasteiger partial charge >= 0.3 is 0 Å². The van der Waals surface area contributed by atoms with Crippen molar-refractivity contribution >= 4 is 23.1 Å². The van der Waals surface area contributed by atoms with E-state index in [9.17, 15) is 4.79 Å². The van der Waals surface area contributed by atoms with Gasteiger partial charge in [-0.15, -0.1) is 11.3 Å². The van der Waals surface area contributed by atoms with Crippen molar-refractivity contribution in [2.75, 3.05) is 18.0 Å². The van der Waals surface area contributed by atoms with Crippen molar-refractivity contribution in [2.45, 2.75) is 18.9 Å². The van der Waals surface area contributed by atoms with Crippen molar-refractivity contribution < 1.29 is 9.21 Å². The van der Waals surface area contributed by atoms with Gasteiger partial charge < -0.3 is 14.6 Å². The molecule has 4 rings (SSSR count). The fourth-order valence-corrected chi connectivity index (χ4v) is 3.64. The van der Waals surface area contributed by atoms with Gasteiger partial charge in [-0.25, -0.2) is 0 Å². The highest BCUT2D eigenvalue weighted by molar-refractivity contribution is 7.13. The quantitative estimate of drug-likeness (QED) is 0.764. The van der Waals surface area contributed by atoms with E-state index in [0.29, 0.717) is 5.76 Å². The predicted octanol–water partition coefficient (Wildman–Crippen LogP) is 3.13. The molecule has 0 unspecified atom stereocenters. The maximum absolute atomic E-state index is 12.0. The number of H-pyrrole nitrogens is 1. The number of piperidine rings is 1. The standard InChI is InChI=1S/C17H18N4O2S/c22-17(14-3-1-9-23-14)18-12-5-7-21(8-6-12)16-11-13(19-20-16)15-4-2-10-24-15/h1-4,9-12H,5-8H2,(H,18,22)(H,19,20). The molecule has 0 spiro atoms. The van der Waals surface area contributed by atoms with Gasteiger partial charge in [0, 0.05) is 25.2 Å². The van der Waals surface area contributed by atoms with Gasteiger partial charge in [0.15, 0.2) is 11.6 Å². The molecule has 0 radical (unpaired) electrons. The van der Waals surface area contributed by atoms with Crippen molar-refractivity contribution in [2.24, 2.45) is 0 Å². The molecule has 1 amide bonds. The largest absolute Gasteiger partial charge is 0.459 e. The number of carbonyl (C=O) groups is 1. The summed E-state index contributed by atoms with van der Waals surface area (Å²) in [6, 6.07) is 9.79. The van der Waals surface area contributed by atoms with E-state index in [1.165, 1.54) is 11.1 Å². The van der Waals surface area contributed by atoms with Crippen LogP contribution in [0.3, 0.4) is 0 Å². The molecule has 1 fully saturated rings. The number of aromatic nitrogens is 2. The lowest BCUT2D eigenvalue weighted by atomic mass is 10.0. The minimum absolute atomic E-state index is 0.141. The van der Waals surface area contributed by atoms with Gasteiger partial charge in [0.05, 0.1) is 16.8 Å². The Hall–Kier alpha value is -2.54. The Bertz CT molecular complexity index is 787. The lowest BCUT2D eigenvalue weighted by Gasteiger charge is -2.32. The molecule has 3 aromatic heterocycles. The van der Waals surface area contributed by atoms with E-state index in [4.69, 9.17) is 4.42 Å². The molecule has 1 aliphatic rings. The van der Waals surface area contributed by atoms with Crippen LogP contribution in [-0.4, -0.2) is 35.2 Å². The van der Waals surface area contributed by atoms with Crippen molar-refractivity contribution in [3.8, 4) is 10.6 Å². The molecule has 7 heteroatoms. The first-order valence-corrected chi connectivity index (χ1v) is 8.86. The first-order chi connectivity index (χ1) is 11.8. The average molecular weight is 342 g/mol. The minimum atomic E-state index is -0.141. The Kier molecular flexibility index (Phi) is 4.08.